The van der Waals surface area contributed by atoms with Gasteiger partial charge < -0.3 is 10.2 Å². The Bertz CT molecular complexity index is 533. The number of aryl methyl sites for hydroxylation is 1. The highest BCUT2D eigenvalue weighted by Gasteiger charge is 2.27. The molecule has 1 aliphatic rings. The van der Waals surface area contributed by atoms with E-state index in [2.05, 4.69) is 12.2 Å². The molecule has 6 heteroatoms. The van der Waals surface area contributed by atoms with Gasteiger partial charge in [-0.1, -0.05) is 12.1 Å². The van der Waals surface area contributed by atoms with Crippen LogP contribution in [0.25, 0.3) is 0 Å². The van der Waals surface area contributed by atoms with E-state index in [0.29, 0.717) is 18.9 Å². The number of nitrogens with one attached hydrogen (secondary N) is 1. The fourth-order valence-electron chi connectivity index (χ4n) is 2.63. The van der Waals surface area contributed by atoms with Crippen molar-refractivity contribution in [1.29, 1.82) is 0 Å². The number of piperazine rings is 1. The SMILES string of the molecule is CC1NCCN(C(=O)CCc2cccc([N+](=O)[O-])c2)C1C. The summed E-state index contributed by atoms with van der Waals surface area (Å²) in [6.45, 7) is 5.65. The topological polar surface area (TPSA) is 75.5 Å². The molecule has 0 saturated carbocycles. The van der Waals surface area contributed by atoms with Crippen molar-refractivity contribution < 1.29 is 9.72 Å². The molecule has 0 spiro atoms. The second kappa shape index (κ2) is 6.67. The molecule has 1 heterocycles. The van der Waals surface area contributed by atoms with Gasteiger partial charge in [0.1, 0.15) is 0 Å². The molecule has 114 valence electrons. The van der Waals surface area contributed by atoms with Gasteiger partial charge in [0.15, 0.2) is 0 Å². The molecule has 1 aromatic rings. The molecule has 0 aromatic heterocycles. The van der Waals surface area contributed by atoms with Crippen molar-refractivity contribution in [3.8, 4) is 0 Å². The lowest BCUT2D eigenvalue weighted by atomic mass is 10.0. The highest BCUT2D eigenvalue weighted by molar-refractivity contribution is 5.77. The monoisotopic (exact) mass is 291 g/mol. The molecule has 0 aliphatic carbocycles. The highest BCUT2D eigenvalue weighted by atomic mass is 16.6. The lowest BCUT2D eigenvalue weighted by Gasteiger charge is -2.38. The molecule has 21 heavy (non-hydrogen) atoms. The maximum Gasteiger partial charge on any atom is 0.269 e. The van der Waals surface area contributed by atoms with Gasteiger partial charge in [-0.05, 0) is 25.8 Å². The van der Waals surface area contributed by atoms with Crippen molar-refractivity contribution in [3.63, 3.8) is 0 Å². The van der Waals surface area contributed by atoms with Crippen LogP contribution in [0.4, 0.5) is 5.69 Å². The summed E-state index contributed by atoms with van der Waals surface area (Å²) < 4.78 is 0. The molecule has 1 aliphatic heterocycles. The van der Waals surface area contributed by atoms with Gasteiger partial charge in [-0.2, -0.15) is 0 Å². The van der Waals surface area contributed by atoms with Gasteiger partial charge in [-0.15, -0.1) is 0 Å². The molecule has 1 N–H and O–H groups in total. The molecule has 1 amide bonds. The molecule has 1 fully saturated rings. The van der Waals surface area contributed by atoms with E-state index in [1.165, 1.54) is 12.1 Å². The van der Waals surface area contributed by atoms with Crippen molar-refractivity contribution in [1.82, 2.24) is 10.2 Å². The first-order valence-corrected chi connectivity index (χ1v) is 7.25. The fourth-order valence-corrected chi connectivity index (χ4v) is 2.63. The summed E-state index contributed by atoms with van der Waals surface area (Å²) in [6.07, 6.45) is 0.920. The van der Waals surface area contributed by atoms with Crippen LogP contribution < -0.4 is 5.32 Å². The number of non-ortho nitro benzene ring substituents is 1. The van der Waals surface area contributed by atoms with E-state index in [9.17, 15) is 14.9 Å². The average Bonchev–Trinajstić information content (AvgIpc) is 2.48. The first-order chi connectivity index (χ1) is 9.99. The number of nitro benzene ring substituents is 1. The van der Waals surface area contributed by atoms with Crippen LogP contribution in [0, 0.1) is 10.1 Å². The largest absolute Gasteiger partial charge is 0.337 e. The second-order valence-corrected chi connectivity index (χ2v) is 5.50. The number of benzene rings is 1. The number of carbonyl (C=O) groups excluding carboxylic acids is 1. The summed E-state index contributed by atoms with van der Waals surface area (Å²) in [4.78, 5) is 24.5. The zero-order valence-electron chi connectivity index (χ0n) is 12.4. The smallest absolute Gasteiger partial charge is 0.269 e. The Balaban J connectivity index is 1.94. The van der Waals surface area contributed by atoms with Gasteiger partial charge in [0, 0.05) is 43.7 Å². The Morgan fingerprint density at radius 2 is 2.24 bits per heavy atom. The second-order valence-electron chi connectivity index (χ2n) is 5.50. The van der Waals surface area contributed by atoms with E-state index >= 15 is 0 Å². The van der Waals surface area contributed by atoms with Gasteiger partial charge in [-0.25, -0.2) is 0 Å². The van der Waals surface area contributed by atoms with Crippen LogP contribution >= 0.6 is 0 Å². The lowest BCUT2D eigenvalue weighted by molar-refractivity contribution is -0.384. The van der Waals surface area contributed by atoms with Crippen molar-refractivity contribution in [3.05, 3.63) is 39.9 Å². The highest BCUT2D eigenvalue weighted by Crippen LogP contribution is 2.16. The summed E-state index contributed by atoms with van der Waals surface area (Å²) in [5.41, 5.74) is 0.900. The first kappa shape index (κ1) is 15.4. The quantitative estimate of drug-likeness (QED) is 0.677. The van der Waals surface area contributed by atoms with E-state index in [0.717, 1.165) is 18.7 Å². The average molecular weight is 291 g/mol. The van der Waals surface area contributed by atoms with Crippen LogP contribution in [0.3, 0.4) is 0 Å². The number of nitro groups is 1. The molecule has 6 nitrogen and oxygen atoms in total. The Morgan fingerprint density at radius 1 is 1.48 bits per heavy atom. The third-order valence-electron chi connectivity index (χ3n) is 4.10. The van der Waals surface area contributed by atoms with E-state index in [1.807, 2.05) is 17.9 Å². The molecule has 2 unspecified atom stereocenters. The van der Waals surface area contributed by atoms with Crippen LogP contribution in [0.5, 0.6) is 0 Å². The van der Waals surface area contributed by atoms with Crippen molar-refractivity contribution in [2.75, 3.05) is 13.1 Å². The molecule has 2 rings (SSSR count). The van der Waals surface area contributed by atoms with Crippen molar-refractivity contribution in [2.45, 2.75) is 38.8 Å². The van der Waals surface area contributed by atoms with Crippen LogP contribution in [0.1, 0.15) is 25.8 Å². The minimum absolute atomic E-state index is 0.0733. The summed E-state index contributed by atoms with van der Waals surface area (Å²) in [7, 11) is 0. The number of hydrogen-bond donors (Lipinski definition) is 1. The van der Waals surface area contributed by atoms with E-state index in [-0.39, 0.29) is 17.6 Å². The predicted molar refractivity (Wildman–Crippen MR) is 80.1 cm³/mol. The fraction of sp³-hybridized carbons (Fsp3) is 0.533. The molecule has 2 atom stereocenters. The molecule has 0 radical (unpaired) electrons. The molecular formula is C15H21N3O3. The van der Waals surface area contributed by atoms with E-state index < -0.39 is 4.92 Å². The Hall–Kier alpha value is -1.95. The van der Waals surface area contributed by atoms with Gasteiger partial charge in [-0.3, -0.25) is 14.9 Å². The van der Waals surface area contributed by atoms with Crippen LogP contribution in [0.15, 0.2) is 24.3 Å². The standard InChI is InChI=1S/C15H21N3O3/c1-11-12(2)17(9-8-16-11)15(19)7-6-13-4-3-5-14(10-13)18(20)21/h3-5,10-12,16H,6-9H2,1-2H3. The number of carbonyl (C=O) groups is 1. The van der Waals surface area contributed by atoms with Crippen LogP contribution in [0.2, 0.25) is 0 Å². The third-order valence-corrected chi connectivity index (χ3v) is 4.10. The van der Waals surface area contributed by atoms with Gasteiger partial charge in [0.2, 0.25) is 5.91 Å². The Morgan fingerprint density at radius 3 is 2.95 bits per heavy atom. The zero-order valence-corrected chi connectivity index (χ0v) is 12.4. The Kier molecular flexibility index (Phi) is 4.90. The number of amides is 1. The molecular weight excluding hydrogens is 270 g/mol. The number of nitrogens with zero attached hydrogens (tertiary/aromatic N) is 2. The van der Waals surface area contributed by atoms with Crippen LogP contribution in [-0.2, 0) is 11.2 Å². The minimum Gasteiger partial charge on any atom is -0.337 e. The molecule has 0 bridgehead atoms. The molecule has 1 saturated heterocycles. The number of rotatable bonds is 4. The first-order valence-electron chi connectivity index (χ1n) is 7.25. The zero-order chi connectivity index (χ0) is 15.4. The normalized spacial score (nSPS) is 22.1. The van der Waals surface area contributed by atoms with Crippen molar-refractivity contribution >= 4 is 11.6 Å². The Labute approximate surface area is 124 Å². The summed E-state index contributed by atoms with van der Waals surface area (Å²) >= 11 is 0. The summed E-state index contributed by atoms with van der Waals surface area (Å²) in [5.74, 6) is 0.113. The van der Waals surface area contributed by atoms with Gasteiger partial charge in [0.25, 0.3) is 5.69 Å². The van der Waals surface area contributed by atoms with Crippen LogP contribution in [-0.4, -0.2) is 40.9 Å². The predicted octanol–water partition coefficient (Wildman–Crippen LogP) is 1.74. The van der Waals surface area contributed by atoms with E-state index in [1.54, 1.807) is 6.07 Å². The van der Waals surface area contributed by atoms with E-state index in [4.69, 9.17) is 0 Å². The van der Waals surface area contributed by atoms with Gasteiger partial charge >= 0.3 is 0 Å². The summed E-state index contributed by atoms with van der Waals surface area (Å²) in [6, 6.07) is 6.96. The molecule has 1 aromatic carbocycles. The lowest BCUT2D eigenvalue weighted by Crippen LogP contribution is -2.57. The number of hydrogen-bond acceptors (Lipinski definition) is 4. The van der Waals surface area contributed by atoms with Gasteiger partial charge in [0.05, 0.1) is 4.92 Å². The maximum absolute atomic E-state index is 12.3. The summed E-state index contributed by atoms with van der Waals surface area (Å²) in [5, 5.41) is 14.1. The third kappa shape index (κ3) is 3.78. The maximum atomic E-state index is 12.3. The minimum atomic E-state index is -0.411. The van der Waals surface area contributed by atoms with Crippen molar-refractivity contribution in [2.24, 2.45) is 0 Å².